The van der Waals surface area contributed by atoms with Crippen LogP contribution in [-0.2, 0) is 6.54 Å². The van der Waals surface area contributed by atoms with Gasteiger partial charge in [0.2, 0.25) is 5.95 Å². The van der Waals surface area contributed by atoms with Gasteiger partial charge in [0.15, 0.2) is 0 Å². The summed E-state index contributed by atoms with van der Waals surface area (Å²) in [5.74, 6) is 0.970. The molecule has 3 rings (SSSR count). The number of ether oxygens (including phenoxy) is 1. The number of aromatic nitrogens is 3. The summed E-state index contributed by atoms with van der Waals surface area (Å²) < 4.78 is 5.40. The molecule has 132 valence electrons. The highest BCUT2D eigenvalue weighted by Crippen LogP contribution is 2.18. The van der Waals surface area contributed by atoms with Crippen LogP contribution < -0.4 is 15.4 Å². The second-order valence-electron chi connectivity index (χ2n) is 5.38. The Morgan fingerprint density at radius 1 is 1.04 bits per heavy atom. The predicted octanol–water partition coefficient (Wildman–Crippen LogP) is 2.94. The molecule has 0 radical (unpaired) electrons. The van der Waals surface area contributed by atoms with Gasteiger partial charge < -0.3 is 15.4 Å². The van der Waals surface area contributed by atoms with Crippen LogP contribution in [0.15, 0.2) is 61.1 Å². The van der Waals surface area contributed by atoms with Gasteiger partial charge in [-0.15, -0.1) is 0 Å². The van der Waals surface area contributed by atoms with E-state index in [1.807, 2.05) is 49.4 Å². The number of hydrogen-bond acceptors (Lipinski definition) is 6. The maximum Gasteiger partial charge on any atom is 0.254 e. The number of carbonyl (C=O) groups is 1. The first-order valence-corrected chi connectivity index (χ1v) is 8.24. The monoisotopic (exact) mass is 349 g/mol. The quantitative estimate of drug-likeness (QED) is 0.682. The van der Waals surface area contributed by atoms with E-state index in [9.17, 15) is 4.79 Å². The van der Waals surface area contributed by atoms with Gasteiger partial charge in [-0.1, -0.05) is 6.07 Å². The summed E-state index contributed by atoms with van der Waals surface area (Å²) in [5.41, 5.74) is 2.01. The number of anilines is 2. The molecule has 0 bridgehead atoms. The van der Waals surface area contributed by atoms with Gasteiger partial charge >= 0.3 is 0 Å². The van der Waals surface area contributed by atoms with Gasteiger partial charge in [0, 0.05) is 24.3 Å². The molecule has 1 aromatic carbocycles. The molecule has 0 saturated carbocycles. The zero-order valence-electron chi connectivity index (χ0n) is 14.3. The molecule has 0 fully saturated rings. The Balaban J connectivity index is 1.56. The van der Waals surface area contributed by atoms with Gasteiger partial charge in [-0.05, 0) is 43.3 Å². The van der Waals surface area contributed by atoms with Crippen molar-refractivity contribution in [1.29, 1.82) is 0 Å². The van der Waals surface area contributed by atoms with Crippen LogP contribution in [0.2, 0.25) is 0 Å². The van der Waals surface area contributed by atoms with Crippen LogP contribution in [0, 0.1) is 0 Å². The van der Waals surface area contributed by atoms with Crippen molar-refractivity contribution in [3.05, 3.63) is 72.3 Å². The standard InChI is InChI=1S/C19H19N5O2/c1-2-26-17-8-6-15(7-9-17)24-19-22-11-14(12-23-19)18(25)21-13-16-5-3-4-10-20-16/h3-12H,2,13H2,1H3,(H,21,25)(H,22,23,24). The van der Waals surface area contributed by atoms with Crippen molar-refractivity contribution in [2.75, 3.05) is 11.9 Å². The third-order valence-electron chi connectivity index (χ3n) is 3.49. The Hall–Kier alpha value is -3.48. The minimum Gasteiger partial charge on any atom is -0.494 e. The lowest BCUT2D eigenvalue weighted by Crippen LogP contribution is -2.23. The molecule has 0 unspecified atom stereocenters. The molecule has 0 aliphatic rings. The van der Waals surface area contributed by atoms with Crippen molar-refractivity contribution in [2.45, 2.75) is 13.5 Å². The van der Waals surface area contributed by atoms with Crippen molar-refractivity contribution in [3.63, 3.8) is 0 Å². The Kier molecular flexibility index (Phi) is 5.72. The number of rotatable bonds is 7. The molecule has 26 heavy (non-hydrogen) atoms. The van der Waals surface area contributed by atoms with Crippen molar-refractivity contribution in [1.82, 2.24) is 20.3 Å². The zero-order chi connectivity index (χ0) is 18.2. The first-order chi connectivity index (χ1) is 12.7. The second kappa shape index (κ2) is 8.57. The van der Waals surface area contributed by atoms with E-state index in [-0.39, 0.29) is 5.91 Å². The zero-order valence-corrected chi connectivity index (χ0v) is 14.3. The molecule has 3 aromatic rings. The SMILES string of the molecule is CCOc1ccc(Nc2ncc(C(=O)NCc3ccccn3)cn2)cc1. The molecule has 7 nitrogen and oxygen atoms in total. The Morgan fingerprint density at radius 3 is 2.46 bits per heavy atom. The van der Waals surface area contributed by atoms with Crippen LogP contribution >= 0.6 is 0 Å². The van der Waals surface area contributed by atoms with Gasteiger partial charge in [-0.25, -0.2) is 9.97 Å². The maximum atomic E-state index is 12.1. The van der Waals surface area contributed by atoms with E-state index in [4.69, 9.17) is 4.74 Å². The highest BCUT2D eigenvalue weighted by atomic mass is 16.5. The van der Waals surface area contributed by atoms with Crippen LogP contribution in [0.3, 0.4) is 0 Å². The average molecular weight is 349 g/mol. The van der Waals surface area contributed by atoms with Crippen LogP contribution in [0.4, 0.5) is 11.6 Å². The predicted molar refractivity (Wildman–Crippen MR) is 98.3 cm³/mol. The molecule has 0 atom stereocenters. The number of nitrogens with one attached hydrogen (secondary N) is 2. The summed E-state index contributed by atoms with van der Waals surface area (Å²) in [5, 5.41) is 5.86. The van der Waals surface area contributed by atoms with Gasteiger partial charge in [-0.2, -0.15) is 0 Å². The fourth-order valence-corrected chi connectivity index (χ4v) is 2.22. The summed E-state index contributed by atoms with van der Waals surface area (Å²) >= 11 is 0. The molecule has 0 aliphatic heterocycles. The lowest BCUT2D eigenvalue weighted by atomic mass is 10.3. The summed E-state index contributed by atoms with van der Waals surface area (Å²) in [6.45, 7) is 2.92. The molecular weight excluding hydrogens is 330 g/mol. The molecule has 0 spiro atoms. The van der Waals surface area contributed by atoms with E-state index >= 15 is 0 Å². The molecule has 0 saturated heterocycles. The van der Waals surface area contributed by atoms with Crippen LogP contribution in [0.25, 0.3) is 0 Å². The number of nitrogens with zero attached hydrogens (tertiary/aromatic N) is 3. The minimum absolute atomic E-state index is 0.247. The average Bonchev–Trinajstić information content (AvgIpc) is 2.69. The van der Waals surface area contributed by atoms with Crippen molar-refractivity contribution in [3.8, 4) is 5.75 Å². The number of carbonyl (C=O) groups excluding carboxylic acids is 1. The lowest BCUT2D eigenvalue weighted by Gasteiger charge is -2.08. The molecule has 2 aromatic heterocycles. The van der Waals surface area contributed by atoms with E-state index in [0.717, 1.165) is 17.1 Å². The first kappa shape index (κ1) is 17.3. The second-order valence-corrected chi connectivity index (χ2v) is 5.38. The first-order valence-electron chi connectivity index (χ1n) is 8.24. The molecule has 2 N–H and O–H groups in total. The Morgan fingerprint density at radius 2 is 1.81 bits per heavy atom. The van der Waals surface area contributed by atoms with Gasteiger partial charge in [-0.3, -0.25) is 9.78 Å². The molecular formula is C19H19N5O2. The highest BCUT2D eigenvalue weighted by Gasteiger charge is 2.07. The summed E-state index contributed by atoms with van der Waals surface area (Å²) in [7, 11) is 0. The third kappa shape index (κ3) is 4.76. The number of hydrogen-bond donors (Lipinski definition) is 2. The normalized spacial score (nSPS) is 10.2. The van der Waals surface area contributed by atoms with Gasteiger partial charge in [0.25, 0.3) is 5.91 Å². The number of benzene rings is 1. The van der Waals surface area contributed by atoms with Crippen molar-refractivity contribution in [2.24, 2.45) is 0 Å². The van der Waals surface area contributed by atoms with E-state index < -0.39 is 0 Å². The minimum atomic E-state index is -0.247. The smallest absolute Gasteiger partial charge is 0.254 e. The fourth-order valence-electron chi connectivity index (χ4n) is 2.22. The third-order valence-corrected chi connectivity index (χ3v) is 3.49. The molecule has 2 heterocycles. The van der Waals surface area contributed by atoms with Gasteiger partial charge in [0.05, 0.1) is 24.4 Å². The van der Waals surface area contributed by atoms with Crippen molar-refractivity contribution >= 4 is 17.5 Å². The van der Waals surface area contributed by atoms with E-state index in [2.05, 4.69) is 25.6 Å². The topological polar surface area (TPSA) is 89.0 Å². The number of amides is 1. The molecule has 0 aliphatic carbocycles. The summed E-state index contributed by atoms with van der Waals surface area (Å²) in [6.07, 6.45) is 4.65. The largest absolute Gasteiger partial charge is 0.494 e. The Labute approximate surface area is 151 Å². The summed E-state index contributed by atoms with van der Waals surface area (Å²) in [4.78, 5) is 24.6. The fraction of sp³-hybridized carbons (Fsp3) is 0.158. The number of pyridine rings is 1. The highest BCUT2D eigenvalue weighted by molar-refractivity contribution is 5.93. The van der Waals surface area contributed by atoms with Crippen LogP contribution in [-0.4, -0.2) is 27.5 Å². The van der Waals surface area contributed by atoms with E-state index in [1.54, 1.807) is 6.20 Å². The lowest BCUT2D eigenvalue weighted by molar-refractivity contribution is 0.0949. The molecule has 1 amide bonds. The molecule has 7 heteroatoms. The van der Waals surface area contributed by atoms with Crippen LogP contribution in [0.1, 0.15) is 23.0 Å². The summed E-state index contributed by atoms with van der Waals surface area (Å²) in [6, 6.07) is 13.0. The van der Waals surface area contributed by atoms with E-state index in [1.165, 1.54) is 12.4 Å². The maximum absolute atomic E-state index is 12.1. The van der Waals surface area contributed by atoms with Gasteiger partial charge in [0.1, 0.15) is 5.75 Å². The van der Waals surface area contributed by atoms with E-state index in [0.29, 0.717) is 24.7 Å². The Bertz CT molecular complexity index is 836. The van der Waals surface area contributed by atoms with Crippen LogP contribution in [0.5, 0.6) is 5.75 Å². The van der Waals surface area contributed by atoms with Crippen molar-refractivity contribution < 1.29 is 9.53 Å².